The molecule has 21 heavy (non-hydrogen) atoms. The summed E-state index contributed by atoms with van der Waals surface area (Å²) in [4.78, 5) is 23.8. The minimum Gasteiger partial charge on any atom is -0.444 e. The zero-order valence-corrected chi connectivity index (χ0v) is 13.5. The summed E-state index contributed by atoms with van der Waals surface area (Å²) in [6, 6.07) is 1.89. The van der Waals surface area contributed by atoms with E-state index < -0.39 is 11.7 Å². The standard InChI is InChI=1S/C15H22N2O3S/c1-15(2,3)20-14(19)17-11-5-4-10(8-11)13(18)16-12-6-7-21-9-12/h6-7,9-11H,4-5,8H2,1-3H3,(H,16,18)(H,17,19). The molecule has 1 heterocycles. The summed E-state index contributed by atoms with van der Waals surface area (Å²) < 4.78 is 5.23. The van der Waals surface area contributed by atoms with Crippen molar-refractivity contribution < 1.29 is 14.3 Å². The van der Waals surface area contributed by atoms with E-state index in [-0.39, 0.29) is 17.9 Å². The highest BCUT2D eigenvalue weighted by molar-refractivity contribution is 7.08. The van der Waals surface area contributed by atoms with Crippen LogP contribution in [0.15, 0.2) is 16.8 Å². The van der Waals surface area contributed by atoms with Crippen molar-refractivity contribution in [2.45, 2.75) is 51.7 Å². The number of thiophene rings is 1. The number of carbonyl (C=O) groups is 2. The van der Waals surface area contributed by atoms with Gasteiger partial charge in [-0.3, -0.25) is 4.79 Å². The molecule has 2 N–H and O–H groups in total. The topological polar surface area (TPSA) is 67.4 Å². The molecule has 2 unspecified atom stereocenters. The Bertz CT molecular complexity index is 494. The van der Waals surface area contributed by atoms with Crippen molar-refractivity contribution in [3.8, 4) is 0 Å². The summed E-state index contributed by atoms with van der Waals surface area (Å²) in [6.45, 7) is 5.50. The van der Waals surface area contributed by atoms with Crippen molar-refractivity contribution in [3.63, 3.8) is 0 Å². The number of nitrogens with one attached hydrogen (secondary N) is 2. The highest BCUT2D eigenvalue weighted by atomic mass is 32.1. The molecule has 2 rings (SSSR count). The van der Waals surface area contributed by atoms with E-state index in [2.05, 4.69) is 10.6 Å². The first-order valence-electron chi connectivity index (χ1n) is 7.16. The fourth-order valence-electron chi connectivity index (χ4n) is 2.40. The largest absolute Gasteiger partial charge is 0.444 e. The van der Waals surface area contributed by atoms with Gasteiger partial charge in [-0.15, -0.1) is 0 Å². The number of carbonyl (C=O) groups excluding carboxylic acids is 2. The molecule has 0 aliphatic heterocycles. The molecule has 1 aromatic heterocycles. The number of amides is 2. The summed E-state index contributed by atoms with van der Waals surface area (Å²) >= 11 is 1.55. The molecule has 0 aromatic carbocycles. The predicted octanol–water partition coefficient (Wildman–Crippen LogP) is 3.38. The lowest BCUT2D eigenvalue weighted by Gasteiger charge is -2.21. The maximum Gasteiger partial charge on any atom is 0.407 e. The van der Waals surface area contributed by atoms with Gasteiger partial charge in [0.25, 0.3) is 0 Å². The minimum atomic E-state index is -0.502. The summed E-state index contributed by atoms with van der Waals surface area (Å²) in [5, 5.41) is 9.58. The van der Waals surface area contributed by atoms with E-state index >= 15 is 0 Å². The van der Waals surface area contributed by atoms with Gasteiger partial charge < -0.3 is 15.4 Å². The van der Waals surface area contributed by atoms with E-state index in [4.69, 9.17) is 4.74 Å². The number of rotatable bonds is 3. The van der Waals surface area contributed by atoms with Crippen LogP contribution in [0.3, 0.4) is 0 Å². The van der Waals surface area contributed by atoms with Crippen molar-refractivity contribution >= 4 is 29.0 Å². The molecule has 0 spiro atoms. The average molecular weight is 310 g/mol. The van der Waals surface area contributed by atoms with Crippen LogP contribution < -0.4 is 10.6 Å². The first-order valence-corrected chi connectivity index (χ1v) is 8.10. The van der Waals surface area contributed by atoms with Crippen LogP contribution in [0.5, 0.6) is 0 Å². The molecule has 1 aliphatic carbocycles. The fraction of sp³-hybridized carbons (Fsp3) is 0.600. The number of ether oxygens (including phenoxy) is 1. The van der Waals surface area contributed by atoms with E-state index in [1.165, 1.54) is 0 Å². The van der Waals surface area contributed by atoms with Gasteiger partial charge in [-0.2, -0.15) is 11.3 Å². The fourth-order valence-corrected chi connectivity index (χ4v) is 2.99. The van der Waals surface area contributed by atoms with Gasteiger partial charge in [0.05, 0.1) is 5.69 Å². The number of anilines is 1. The summed E-state index contributed by atoms with van der Waals surface area (Å²) in [7, 11) is 0. The van der Waals surface area contributed by atoms with Crippen LogP contribution in [0.1, 0.15) is 40.0 Å². The molecule has 1 aromatic rings. The van der Waals surface area contributed by atoms with E-state index in [1.807, 2.05) is 37.6 Å². The third kappa shape index (κ3) is 5.04. The normalized spacial score (nSPS) is 21.9. The van der Waals surface area contributed by atoms with Crippen molar-refractivity contribution in [1.82, 2.24) is 5.32 Å². The monoisotopic (exact) mass is 310 g/mol. The van der Waals surface area contributed by atoms with Crippen LogP contribution in [-0.2, 0) is 9.53 Å². The van der Waals surface area contributed by atoms with Gasteiger partial charge in [-0.25, -0.2) is 4.79 Å². The molecule has 0 bridgehead atoms. The summed E-state index contributed by atoms with van der Waals surface area (Å²) in [5.74, 6) is -0.0216. The molecule has 6 heteroatoms. The summed E-state index contributed by atoms with van der Waals surface area (Å²) in [5.41, 5.74) is 0.340. The van der Waals surface area contributed by atoms with Crippen LogP contribution in [0, 0.1) is 5.92 Å². The lowest BCUT2D eigenvalue weighted by atomic mass is 10.1. The zero-order chi connectivity index (χ0) is 15.5. The van der Waals surface area contributed by atoms with Crippen LogP contribution in [0.2, 0.25) is 0 Å². The summed E-state index contributed by atoms with van der Waals surface area (Å²) in [6.07, 6.45) is 1.85. The van der Waals surface area contributed by atoms with Gasteiger partial charge in [0.15, 0.2) is 0 Å². The maximum absolute atomic E-state index is 12.1. The minimum absolute atomic E-state index is 0.0121. The van der Waals surface area contributed by atoms with E-state index in [1.54, 1.807) is 11.3 Å². The van der Waals surface area contributed by atoms with Gasteiger partial charge >= 0.3 is 6.09 Å². The Morgan fingerprint density at radius 1 is 1.33 bits per heavy atom. The quantitative estimate of drug-likeness (QED) is 0.899. The second-order valence-electron chi connectivity index (χ2n) is 6.35. The van der Waals surface area contributed by atoms with Gasteiger partial charge in [0.1, 0.15) is 5.60 Å². The molecule has 1 aliphatic rings. The second kappa shape index (κ2) is 6.47. The van der Waals surface area contributed by atoms with E-state index in [0.717, 1.165) is 18.5 Å². The van der Waals surface area contributed by atoms with Gasteiger partial charge in [0, 0.05) is 17.3 Å². The van der Waals surface area contributed by atoms with Crippen molar-refractivity contribution in [2.24, 2.45) is 5.92 Å². The second-order valence-corrected chi connectivity index (χ2v) is 7.13. The molecular formula is C15H22N2O3S. The molecule has 2 atom stereocenters. The van der Waals surface area contributed by atoms with Crippen LogP contribution in [0.4, 0.5) is 10.5 Å². The zero-order valence-electron chi connectivity index (χ0n) is 12.6. The molecular weight excluding hydrogens is 288 g/mol. The highest BCUT2D eigenvalue weighted by Crippen LogP contribution is 2.27. The Balaban J connectivity index is 1.78. The van der Waals surface area contributed by atoms with Crippen LogP contribution >= 0.6 is 11.3 Å². The lowest BCUT2D eigenvalue weighted by molar-refractivity contribution is -0.119. The number of alkyl carbamates (subject to hydrolysis) is 1. The number of hydrogen-bond acceptors (Lipinski definition) is 4. The SMILES string of the molecule is CC(C)(C)OC(=O)NC1CCC(C(=O)Nc2ccsc2)C1. The molecule has 0 saturated heterocycles. The van der Waals surface area contributed by atoms with Crippen molar-refractivity contribution in [2.75, 3.05) is 5.32 Å². The van der Waals surface area contributed by atoms with E-state index in [9.17, 15) is 9.59 Å². The Morgan fingerprint density at radius 3 is 2.71 bits per heavy atom. The van der Waals surface area contributed by atoms with Gasteiger partial charge in [0.2, 0.25) is 5.91 Å². The van der Waals surface area contributed by atoms with Gasteiger partial charge in [-0.1, -0.05) is 0 Å². The first kappa shape index (κ1) is 15.8. The van der Waals surface area contributed by atoms with Gasteiger partial charge in [-0.05, 0) is 51.5 Å². The first-order chi connectivity index (χ1) is 9.83. The predicted molar refractivity (Wildman–Crippen MR) is 83.4 cm³/mol. The Kier molecular flexibility index (Phi) is 4.88. The Labute approximate surface area is 129 Å². The molecule has 2 amide bonds. The van der Waals surface area contributed by atoms with Crippen molar-refractivity contribution in [3.05, 3.63) is 16.8 Å². The lowest BCUT2D eigenvalue weighted by Crippen LogP contribution is -2.38. The Morgan fingerprint density at radius 2 is 2.10 bits per heavy atom. The third-order valence-corrected chi connectivity index (χ3v) is 4.00. The van der Waals surface area contributed by atoms with E-state index in [0.29, 0.717) is 6.42 Å². The van der Waals surface area contributed by atoms with Crippen LogP contribution in [0.25, 0.3) is 0 Å². The van der Waals surface area contributed by atoms with Crippen LogP contribution in [-0.4, -0.2) is 23.6 Å². The number of hydrogen-bond donors (Lipinski definition) is 2. The molecule has 1 saturated carbocycles. The van der Waals surface area contributed by atoms with Crippen molar-refractivity contribution in [1.29, 1.82) is 0 Å². The maximum atomic E-state index is 12.1. The average Bonchev–Trinajstić information content (AvgIpc) is 2.97. The molecule has 1 fully saturated rings. The Hall–Kier alpha value is -1.56. The molecule has 116 valence electrons. The third-order valence-electron chi connectivity index (χ3n) is 3.31. The smallest absolute Gasteiger partial charge is 0.407 e. The molecule has 0 radical (unpaired) electrons. The highest BCUT2D eigenvalue weighted by Gasteiger charge is 2.31. The molecule has 5 nitrogen and oxygen atoms in total.